The number of aromatic nitrogens is 1. The molecule has 0 aliphatic carbocycles. The first kappa shape index (κ1) is 24.2. The molecular formula is C23H33N5O3S. The first-order chi connectivity index (χ1) is 15.3. The molecule has 2 aromatic heterocycles. The number of amides is 2. The third kappa shape index (κ3) is 7.89. The van der Waals surface area contributed by atoms with Crippen molar-refractivity contribution in [1.29, 1.82) is 0 Å². The second-order valence-electron chi connectivity index (χ2n) is 8.91. The van der Waals surface area contributed by atoms with Crippen LogP contribution in [0.4, 0.5) is 16.2 Å². The second-order valence-corrected chi connectivity index (χ2v) is 9.65. The Bertz CT molecular complexity index is 886. The molecular weight excluding hydrogens is 426 g/mol. The van der Waals surface area contributed by atoms with Gasteiger partial charge in [-0.25, -0.2) is 4.79 Å². The highest BCUT2D eigenvalue weighted by Gasteiger charge is 2.18. The molecule has 2 amide bonds. The summed E-state index contributed by atoms with van der Waals surface area (Å²) in [6.07, 6.45) is 4.94. The van der Waals surface area contributed by atoms with Crippen molar-refractivity contribution in [1.82, 2.24) is 15.2 Å². The number of hydrogen-bond acceptors (Lipinski definition) is 7. The Hall–Kier alpha value is -2.49. The summed E-state index contributed by atoms with van der Waals surface area (Å²) in [6.45, 7) is 10.7. The topological polar surface area (TPSA) is 95.6 Å². The van der Waals surface area contributed by atoms with E-state index < -0.39 is 11.7 Å². The molecule has 3 heterocycles. The number of pyridine rings is 1. The van der Waals surface area contributed by atoms with Crippen LogP contribution in [0.2, 0.25) is 0 Å². The predicted molar refractivity (Wildman–Crippen MR) is 128 cm³/mol. The lowest BCUT2D eigenvalue weighted by Gasteiger charge is -2.19. The molecule has 32 heavy (non-hydrogen) atoms. The van der Waals surface area contributed by atoms with E-state index in [1.165, 1.54) is 37.3 Å². The van der Waals surface area contributed by atoms with E-state index in [0.29, 0.717) is 17.1 Å². The number of ether oxygens (including phenoxy) is 1. The normalized spacial score (nSPS) is 14.3. The van der Waals surface area contributed by atoms with Gasteiger partial charge in [0.15, 0.2) is 0 Å². The molecule has 1 aliphatic heterocycles. The summed E-state index contributed by atoms with van der Waals surface area (Å²) in [7, 11) is 0. The fourth-order valence-corrected chi connectivity index (χ4v) is 4.13. The summed E-state index contributed by atoms with van der Waals surface area (Å²) in [5, 5.41) is 12.4. The molecule has 0 radical (unpaired) electrons. The fourth-order valence-electron chi connectivity index (χ4n) is 3.42. The van der Waals surface area contributed by atoms with E-state index in [2.05, 4.69) is 25.8 Å². The quantitative estimate of drug-likeness (QED) is 0.484. The lowest BCUT2D eigenvalue weighted by atomic mass is 10.2. The third-order valence-electron chi connectivity index (χ3n) is 4.96. The average molecular weight is 460 g/mol. The van der Waals surface area contributed by atoms with Crippen molar-refractivity contribution >= 4 is 34.7 Å². The maximum Gasteiger partial charge on any atom is 0.412 e. The van der Waals surface area contributed by atoms with E-state index in [4.69, 9.17) is 4.74 Å². The summed E-state index contributed by atoms with van der Waals surface area (Å²) in [4.78, 5) is 31.4. The van der Waals surface area contributed by atoms with Crippen LogP contribution in [-0.4, -0.2) is 53.7 Å². The molecule has 3 rings (SSSR count). The van der Waals surface area contributed by atoms with Crippen LogP contribution in [0.25, 0.3) is 0 Å². The zero-order valence-electron chi connectivity index (χ0n) is 19.1. The Morgan fingerprint density at radius 1 is 1.12 bits per heavy atom. The maximum atomic E-state index is 12.6. The van der Waals surface area contributed by atoms with Crippen molar-refractivity contribution in [3.63, 3.8) is 0 Å². The highest BCUT2D eigenvalue weighted by molar-refractivity contribution is 7.09. The van der Waals surface area contributed by atoms with Crippen LogP contribution in [-0.2, 0) is 11.3 Å². The van der Waals surface area contributed by atoms with Gasteiger partial charge in [0, 0.05) is 23.5 Å². The molecule has 0 atom stereocenters. The molecule has 1 fully saturated rings. The van der Waals surface area contributed by atoms with Crippen molar-refractivity contribution in [3.8, 4) is 0 Å². The van der Waals surface area contributed by atoms with Crippen LogP contribution < -0.4 is 16.0 Å². The summed E-state index contributed by atoms with van der Waals surface area (Å²) in [6, 6.07) is 3.62. The lowest BCUT2D eigenvalue weighted by molar-refractivity contribution is 0.0635. The molecule has 1 aliphatic rings. The van der Waals surface area contributed by atoms with Crippen LogP contribution in [0, 0.1) is 0 Å². The van der Waals surface area contributed by atoms with E-state index in [9.17, 15) is 9.59 Å². The number of anilines is 2. The number of carbonyl (C=O) groups is 2. The minimum atomic E-state index is -0.599. The summed E-state index contributed by atoms with van der Waals surface area (Å²) in [5.41, 5.74) is 1.75. The first-order valence-corrected chi connectivity index (χ1v) is 12.0. The van der Waals surface area contributed by atoms with Crippen LogP contribution in [0.15, 0.2) is 29.1 Å². The van der Waals surface area contributed by atoms with Crippen molar-refractivity contribution in [3.05, 3.63) is 40.3 Å². The Labute approximate surface area is 193 Å². The summed E-state index contributed by atoms with van der Waals surface area (Å²) in [5.74, 6) is -0.333. The van der Waals surface area contributed by atoms with E-state index in [1.54, 1.807) is 43.8 Å². The Balaban J connectivity index is 1.44. The van der Waals surface area contributed by atoms with E-state index >= 15 is 0 Å². The van der Waals surface area contributed by atoms with Gasteiger partial charge in [0.05, 0.1) is 11.4 Å². The van der Waals surface area contributed by atoms with Gasteiger partial charge in [-0.05, 0) is 77.8 Å². The number of nitrogens with one attached hydrogen (secondary N) is 3. The molecule has 0 spiro atoms. The van der Waals surface area contributed by atoms with Gasteiger partial charge in [-0.3, -0.25) is 15.1 Å². The van der Waals surface area contributed by atoms with Crippen LogP contribution in [0.5, 0.6) is 0 Å². The van der Waals surface area contributed by atoms with Crippen LogP contribution in [0.3, 0.4) is 0 Å². The zero-order valence-corrected chi connectivity index (χ0v) is 19.9. The molecule has 0 unspecified atom stereocenters. The predicted octanol–water partition coefficient (Wildman–Crippen LogP) is 4.32. The SMILES string of the molecule is CC(C)(C)OC(=O)Nc1cscc1NC(=O)c1ccc(CNCCCN2CCCC2)cn1. The number of hydrogen-bond donors (Lipinski definition) is 3. The van der Waals surface area contributed by atoms with Crippen molar-refractivity contribution in [2.45, 2.75) is 52.2 Å². The monoisotopic (exact) mass is 459 g/mol. The Kier molecular flexibility index (Phi) is 8.60. The van der Waals surface area contributed by atoms with Crippen LogP contribution >= 0.6 is 11.3 Å². The standard InChI is InChI=1S/C23H33N5O3S/c1-23(2,3)31-22(30)27-20-16-32-15-19(20)26-21(29)18-8-7-17(14-25-18)13-24-9-6-12-28-10-4-5-11-28/h7-8,14-16,24H,4-6,9-13H2,1-3H3,(H,26,29)(H,27,30). The van der Waals surface area contributed by atoms with Gasteiger partial charge in [0.25, 0.3) is 5.91 Å². The van der Waals surface area contributed by atoms with Gasteiger partial charge in [0.1, 0.15) is 11.3 Å². The van der Waals surface area contributed by atoms with Crippen molar-refractivity contribution < 1.29 is 14.3 Å². The number of likely N-dealkylation sites (tertiary alicyclic amines) is 1. The van der Waals surface area contributed by atoms with Gasteiger partial charge in [-0.1, -0.05) is 6.07 Å². The largest absolute Gasteiger partial charge is 0.444 e. The average Bonchev–Trinajstić information content (AvgIpc) is 3.39. The van der Waals surface area contributed by atoms with Crippen molar-refractivity contribution in [2.24, 2.45) is 0 Å². The molecule has 9 heteroatoms. The van der Waals surface area contributed by atoms with Crippen LogP contribution in [0.1, 0.15) is 56.1 Å². The Morgan fingerprint density at radius 3 is 2.50 bits per heavy atom. The molecule has 8 nitrogen and oxygen atoms in total. The summed E-state index contributed by atoms with van der Waals surface area (Å²) < 4.78 is 5.26. The number of carbonyl (C=O) groups excluding carboxylic acids is 2. The van der Waals surface area contributed by atoms with E-state index in [1.807, 2.05) is 6.07 Å². The second kappa shape index (κ2) is 11.4. The minimum Gasteiger partial charge on any atom is -0.444 e. The van der Waals surface area contributed by atoms with E-state index in [-0.39, 0.29) is 5.91 Å². The molecule has 1 saturated heterocycles. The van der Waals surface area contributed by atoms with Gasteiger partial charge in [0.2, 0.25) is 0 Å². The molecule has 3 N–H and O–H groups in total. The maximum absolute atomic E-state index is 12.6. The minimum absolute atomic E-state index is 0.317. The number of thiophene rings is 1. The zero-order chi connectivity index (χ0) is 23.0. The van der Waals surface area contributed by atoms with Crippen molar-refractivity contribution in [2.75, 3.05) is 36.8 Å². The molecule has 2 aromatic rings. The fraction of sp³-hybridized carbons (Fsp3) is 0.522. The van der Waals surface area contributed by atoms with E-state index in [0.717, 1.165) is 31.6 Å². The highest BCUT2D eigenvalue weighted by atomic mass is 32.1. The lowest BCUT2D eigenvalue weighted by Crippen LogP contribution is -2.27. The third-order valence-corrected chi connectivity index (χ3v) is 5.70. The molecule has 0 bridgehead atoms. The summed E-state index contributed by atoms with van der Waals surface area (Å²) >= 11 is 1.37. The smallest absolute Gasteiger partial charge is 0.412 e. The highest BCUT2D eigenvalue weighted by Crippen LogP contribution is 2.27. The molecule has 0 aromatic carbocycles. The van der Waals surface area contributed by atoms with Gasteiger partial charge in [-0.2, -0.15) is 0 Å². The molecule has 0 saturated carbocycles. The number of nitrogens with zero attached hydrogens (tertiary/aromatic N) is 2. The van der Waals surface area contributed by atoms with Gasteiger partial charge in [-0.15, -0.1) is 11.3 Å². The first-order valence-electron chi connectivity index (χ1n) is 11.1. The Morgan fingerprint density at radius 2 is 1.84 bits per heavy atom. The molecule has 174 valence electrons. The van der Waals surface area contributed by atoms with Gasteiger partial charge < -0.3 is 20.3 Å². The van der Waals surface area contributed by atoms with Gasteiger partial charge >= 0.3 is 6.09 Å². The number of rotatable bonds is 9.